The van der Waals surface area contributed by atoms with Crippen molar-refractivity contribution in [3.8, 4) is 0 Å². The van der Waals surface area contributed by atoms with Crippen molar-refractivity contribution in [3.05, 3.63) is 44.6 Å². The van der Waals surface area contributed by atoms with E-state index in [1.165, 1.54) is 17.0 Å². The molecule has 3 rings (SSSR count). The van der Waals surface area contributed by atoms with Crippen molar-refractivity contribution in [3.63, 3.8) is 0 Å². The Labute approximate surface area is 149 Å². The maximum Gasteiger partial charge on any atom is 0.258 e. The minimum Gasteiger partial charge on any atom is -0.323 e. The van der Waals surface area contributed by atoms with Gasteiger partial charge in [0.05, 0.1) is 11.4 Å². The molecule has 0 aliphatic rings. The summed E-state index contributed by atoms with van der Waals surface area (Å²) in [4.78, 5) is 22.3. The van der Waals surface area contributed by atoms with E-state index in [1.807, 2.05) is 19.2 Å². The number of thiazole rings is 1. The van der Waals surface area contributed by atoms with E-state index in [2.05, 4.69) is 35.3 Å². The van der Waals surface area contributed by atoms with Crippen LogP contribution in [0.5, 0.6) is 0 Å². The lowest BCUT2D eigenvalue weighted by molar-refractivity contribution is 0.486. The number of hydrogen-bond acceptors (Lipinski definition) is 5. The van der Waals surface area contributed by atoms with Crippen LogP contribution in [0.2, 0.25) is 0 Å². The summed E-state index contributed by atoms with van der Waals surface area (Å²) in [5.41, 5.74) is 4.01. The first-order chi connectivity index (χ1) is 11.4. The molecule has 0 unspecified atom stereocenters. The summed E-state index contributed by atoms with van der Waals surface area (Å²) < 4.78 is 3.93. The number of aryl methyl sites for hydroxylation is 2. The van der Waals surface area contributed by atoms with Gasteiger partial charge < -0.3 is 4.57 Å². The monoisotopic (exact) mass is 362 g/mol. The van der Waals surface area contributed by atoms with Crippen molar-refractivity contribution >= 4 is 28.1 Å². The highest BCUT2D eigenvalue weighted by atomic mass is 32.2. The van der Waals surface area contributed by atoms with Crippen molar-refractivity contribution in [2.45, 2.75) is 52.1 Å². The van der Waals surface area contributed by atoms with Gasteiger partial charge in [-0.2, -0.15) is 0 Å². The van der Waals surface area contributed by atoms with Crippen LogP contribution < -0.4 is 5.56 Å². The van der Waals surface area contributed by atoms with Gasteiger partial charge in [-0.25, -0.2) is 9.97 Å². The van der Waals surface area contributed by atoms with Gasteiger partial charge in [-0.3, -0.25) is 9.20 Å². The molecule has 5 nitrogen and oxygen atoms in total. The van der Waals surface area contributed by atoms with Gasteiger partial charge in [-0.05, 0) is 26.7 Å². The molecule has 0 radical (unpaired) electrons. The van der Waals surface area contributed by atoms with E-state index in [0.29, 0.717) is 11.7 Å². The van der Waals surface area contributed by atoms with Gasteiger partial charge in [0.2, 0.25) is 0 Å². The van der Waals surface area contributed by atoms with Crippen LogP contribution in [0.3, 0.4) is 0 Å². The highest BCUT2D eigenvalue weighted by Gasteiger charge is 2.14. The second-order valence-corrected chi connectivity index (χ2v) is 8.22. The standard InChI is InChI=1S/C17H22N4OS2/c1-10(2)7-20-13(5)12(4)18-16(20)24-9-14-6-15(22)21-11(3)8-23-17(21)19-14/h6,8,10H,7,9H2,1-5H3. The molecule has 0 aliphatic heterocycles. The summed E-state index contributed by atoms with van der Waals surface area (Å²) in [6.07, 6.45) is 0. The number of imidazole rings is 1. The first-order valence-corrected chi connectivity index (χ1v) is 9.86. The Morgan fingerprint density at radius 1 is 1.25 bits per heavy atom. The van der Waals surface area contributed by atoms with E-state index < -0.39 is 0 Å². The smallest absolute Gasteiger partial charge is 0.258 e. The van der Waals surface area contributed by atoms with Crippen molar-refractivity contribution in [2.75, 3.05) is 0 Å². The van der Waals surface area contributed by atoms with E-state index in [4.69, 9.17) is 0 Å². The predicted molar refractivity (Wildman–Crippen MR) is 100 cm³/mol. The fourth-order valence-electron chi connectivity index (χ4n) is 2.63. The van der Waals surface area contributed by atoms with Crippen LogP contribution in [0.4, 0.5) is 0 Å². The van der Waals surface area contributed by atoms with Crippen molar-refractivity contribution in [2.24, 2.45) is 5.92 Å². The molecule has 7 heteroatoms. The minimum absolute atomic E-state index is 0.00719. The largest absolute Gasteiger partial charge is 0.323 e. The molecule has 0 aliphatic carbocycles. The van der Waals surface area contributed by atoms with E-state index in [0.717, 1.165) is 33.7 Å². The lowest BCUT2D eigenvalue weighted by Gasteiger charge is -2.12. The van der Waals surface area contributed by atoms with E-state index in [-0.39, 0.29) is 5.56 Å². The summed E-state index contributed by atoms with van der Waals surface area (Å²) in [6.45, 7) is 11.4. The van der Waals surface area contributed by atoms with E-state index in [9.17, 15) is 4.79 Å². The molecule has 0 amide bonds. The lowest BCUT2D eigenvalue weighted by Crippen LogP contribution is -2.14. The Morgan fingerprint density at radius 3 is 2.71 bits per heavy atom. The number of fused-ring (bicyclic) bond motifs is 1. The Morgan fingerprint density at radius 2 is 2.00 bits per heavy atom. The normalized spacial score (nSPS) is 11.8. The summed E-state index contributed by atoms with van der Waals surface area (Å²) in [6, 6.07) is 1.63. The molecule has 0 aromatic carbocycles. The third kappa shape index (κ3) is 3.28. The Hall–Kier alpha value is -1.60. The van der Waals surface area contributed by atoms with Gasteiger partial charge in [0, 0.05) is 35.1 Å². The zero-order valence-electron chi connectivity index (χ0n) is 14.7. The SMILES string of the molecule is Cc1nc(SCc2cc(=O)n3c(C)csc3n2)n(CC(C)C)c1C. The van der Waals surface area contributed by atoms with Crippen LogP contribution in [-0.4, -0.2) is 18.9 Å². The molecular weight excluding hydrogens is 340 g/mol. The average Bonchev–Trinajstić information content (AvgIpc) is 3.00. The van der Waals surface area contributed by atoms with Gasteiger partial charge >= 0.3 is 0 Å². The molecule has 0 saturated heterocycles. The zero-order valence-corrected chi connectivity index (χ0v) is 16.3. The fourth-order valence-corrected chi connectivity index (χ4v) is 4.51. The van der Waals surface area contributed by atoms with Crippen molar-refractivity contribution < 1.29 is 0 Å². The van der Waals surface area contributed by atoms with E-state index >= 15 is 0 Å². The molecular formula is C17H22N4OS2. The number of hydrogen-bond donors (Lipinski definition) is 0. The Kier molecular flexibility index (Phi) is 4.83. The third-order valence-electron chi connectivity index (χ3n) is 3.95. The molecule has 24 heavy (non-hydrogen) atoms. The topological polar surface area (TPSA) is 52.2 Å². The van der Waals surface area contributed by atoms with Gasteiger partial charge in [0.25, 0.3) is 5.56 Å². The first-order valence-electron chi connectivity index (χ1n) is 8.00. The number of thioether (sulfide) groups is 1. The van der Waals surface area contributed by atoms with Crippen LogP contribution >= 0.6 is 23.1 Å². The molecule has 0 spiro atoms. The predicted octanol–water partition coefficient (Wildman–Crippen LogP) is 3.83. The molecule has 0 fully saturated rings. The Balaban J connectivity index is 1.86. The maximum atomic E-state index is 12.3. The minimum atomic E-state index is -0.00719. The number of aromatic nitrogens is 4. The molecule has 0 bridgehead atoms. The van der Waals surface area contributed by atoms with Gasteiger partial charge in [-0.1, -0.05) is 25.6 Å². The highest BCUT2D eigenvalue weighted by Crippen LogP contribution is 2.25. The van der Waals surface area contributed by atoms with E-state index in [1.54, 1.807) is 22.2 Å². The van der Waals surface area contributed by atoms with Crippen LogP contribution in [0.25, 0.3) is 4.96 Å². The van der Waals surface area contributed by atoms with Crippen LogP contribution in [0.1, 0.15) is 36.6 Å². The summed E-state index contributed by atoms with van der Waals surface area (Å²) >= 11 is 3.15. The van der Waals surface area contributed by atoms with Crippen LogP contribution in [0.15, 0.2) is 21.4 Å². The molecule has 3 aromatic heterocycles. The molecule has 128 valence electrons. The average molecular weight is 363 g/mol. The second-order valence-electron chi connectivity index (χ2n) is 6.44. The highest BCUT2D eigenvalue weighted by molar-refractivity contribution is 7.98. The summed E-state index contributed by atoms with van der Waals surface area (Å²) in [7, 11) is 0. The molecule has 0 N–H and O–H groups in total. The number of nitrogens with zero attached hydrogens (tertiary/aromatic N) is 4. The van der Waals surface area contributed by atoms with Gasteiger partial charge in [-0.15, -0.1) is 11.3 Å². The number of rotatable bonds is 5. The second kappa shape index (κ2) is 6.72. The van der Waals surface area contributed by atoms with Gasteiger partial charge in [0.1, 0.15) is 0 Å². The summed E-state index contributed by atoms with van der Waals surface area (Å²) in [5, 5.41) is 2.96. The Bertz CT molecular complexity index is 936. The first kappa shape index (κ1) is 17.2. The quantitative estimate of drug-likeness (QED) is 0.647. The lowest BCUT2D eigenvalue weighted by atomic mass is 10.2. The van der Waals surface area contributed by atoms with Crippen molar-refractivity contribution in [1.29, 1.82) is 0 Å². The molecule has 3 heterocycles. The maximum absolute atomic E-state index is 12.3. The third-order valence-corrected chi connectivity index (χ3v) is 5.90. The summed E-state index contributed by atoms with van der Waals surface area (Å²) in [5.74, 6) is 1.21. The van der Waals surface area contributed by atoms with Crippen LogP contribution in [0, 0.1) is 26.7 Å². The molecule has 0 atom stereocenters. The zero-order chi connectivity index (χ0) is 17.4. The molecule has 3 aromatic rings. The van der Waals surface area contributed by atoms with Gasteiger partial charge in [0.15, 0.2) is 10.1 Å². The fraction of sp³-hybridized carbons (Fsp3) is 0.471. The van der Waals surface area contributed by atoms with Crippen LogP contribution in [-0.2, 0) is 12.3 Å². The molecule has 0 saturated carbocycles. The van der Waals surface area contributed by atoms with Crippen molar-refractivity contribution in [1.82, 2.24) is 18.9 Å².